The Morgan fingerprint density at radius 2 is 1.94 bits per heavy atom. The number of benzene rings is 2. The van der Waals surface area contributed by atoms with Gasteiger partial charge in [0.1, 0.15) is 0 Å². The number of para-hydroxylation sites is 1. The van der Waals surface area contributed by atoms with Crippen LogP contribution in [0.15, 0.2) is 59.8 Å². The van der Waals surface area contributed by atoms with Crippen LogP contribution >= 0.6 is 11.8 Å². The van der Waals surface area contributed by atoms with Crippen molar-refractivity contribution in [3.05, 3.63) is 60.2 Å². The van der Waals surface area contributed by atoms with E-state index >= 15 is 0 Å². The standard InChI is InChI=1S/C23H19N5O3S/c29-22(27-11-3-5-15-4-1-2-6-18(15)27)13-32-23-25-24-21-10-8-17(26-28(21)23)16-7-9-19-20(12-16)31-14-30-19/h1-2,4,6-10,12H,3,5,11,13-14H2. The summed E-state index contributed by atoms with van der Waals surface area (Å²) < 4.78 is 12.5. The fourth-order valence-corrected chi connectivity index (χ4v) is 4.83. The summed E-state index contributed by atoms with van der Waals surface area (Å²) in [4.78, 5) is 14.9. The Morgan fingerprint density at radius 3 is 2.91 bits per heavy atom. The Balaban J connectivity index is 1.24. The lowest BCUT2D eigenvalue weighted by molar-refractivity contribution is -0.116. The number of amides is 1. The van der Waals surface area contributed by atoms with Crippen LogP contribution < -0.4 is 14.4 Å². The minimum atomic E-state index is 0.0609. The molecule has 0 bridgehead atoms. The third kappa shape index (κ3) is 3.34. The first-order chi connectivity index (χ1) is 15.8. The van der Waals surface area contributed by atoms with Gasteiger partial charge in [-0.3, -0.25) is 4.79 Å². The predicted molar refractivity (Wildman–Crippen MR) is 120 cm³/mol. The Hall–Kier alpha value is -3.59. The van der Waals surface area contributed by atoms with E-state index in [-0.39, 0.29) is 18.5 Å². The molecule has 1 amide bonds. The van der Waals surface area contributed by atoms with Crippen molar-refractivity contribution < 1.29 is 14.3 Å². The van der Waals surface area contributed by atoms with E-state index < -0.39 is 0 Å². The monoisotopic (exact) mass is 445 g/mol. The van der Waals surface area contributed by atoms with E-state index in [1.165, 1.54) is 17.3 Å². The smallest absolute Gasteiger partial charge is 0.237 e. The van der Waals surface area contributed by atoms with Crippen molar-refractivity contribution in [2.45, 2.75) is 18.0 Å². The van der Waals surface area contributed by atoms with E-state index in [0.717, 1.165) is 42.1 Å². The molecule has 0 aliphatic carbocycles. The maximum absolute atomic E-state index is 13.0. The third-order valence-electron chi connectivity index (χ3n) is 5.64. The van der Waals surface area contributed by atoms with Crippen LogP contribution in [0.1, 0.15) is 12.0 Å². The van der Waals surface area contributed by atoms with Gasteiger partial charge in [0.25, 0.3) is 0 Å². The number of aromatic nitrogens is 4. The second kappa shape index (κ2) is 7.83. The first-order valence-corrected chi connectivity index (χ1v) is 11.4. The molecule has 2 aromatic carbocycles. The highest BCUT2D eigenvalue weighted by Crippen LogP contribution is 2.35. The van der Waals surface area contributed by atoms with Gasteiger partial charge < -0.3 is 14.4 Å². The number of ether oxygens (including phenoxy) is 2. The average Bonchev–Trinajstić information content (AvgIpc) is 3.48. The van der Waals surface area contributed by atoms with Crippen LogP contribution in [0.2, 0.25) is 0 Å². The number of nitrogens with zero attached hydrogens (tertiary/aromatic N) is 5. The Morgan fingerprint density at radius 1 is 1.03 bits per heavy atom. The van der Waals surface area contributed by atoms with Gasteiger partial charge in [0.15, 0.2) is 17.1 Å². The van der Waals surface area contributed by atoms with Gasteiger partial charge in [0, 0.05) is 17.8 Å². The number of hydrogen-bond donors (Lipinski definition) is 0. The number of carbonyl (C=O) groups excluding carboxylic acids is 1. The molecule has 6 rings (SSSR count). The van der Waals surface area contributed by atoms with Crippen molar-refractivity contribution in [3.8, 4) is 22.8 Å². The van der Waals surface area contributed by atoms with Gasteiger partial charge in [-0.15, -0.1) is 10.2 Å². The molecule has 0 saturated carbocycles. The van der Waals surface area contributed by atoms with Gasteiger partial charge in [0.2, 0.25) is 17.9 Å². The summed E-state index contributed by atoms with van der Waals surface area (Å²) in [5.74, 6) is 1.76. The Kier molecular flexibility index (Phi) is 4.68. The van der Waals surface area contributed by atoms with E-state index in [4.69, 9.17) is 14.6 Å². The lowest BCUT2D eigenvalue weighted by Gasteiger charge is -2.29. The molecule has 0 unspecified atom stereocenters. The highest BCUT2D eigenvalue weighted by Gasteiger charge is 2.23. The average molecular weight is 446 g/mol. The number of hydrogen-bond acceptors (Lipinski definition) is 7. The van der Waals surface area contributed by atoms with Crippen molar-refractivity contribution in [3.63, 3.8) is 0 Å². The van der Waals surface area contributed by atoms with Gasteiger partial charge in [-0.05, 0) is 54.8 Å². The quantitative estimate of drug-likeness (QED) is 0.444. The zero-order valence-corrected chi connectivity index (χ0v) is 17.9. The van der Waals surface area contributed by atoms with E-state index in [1.54, 1.807) is 4.52 Å². The van der Waals surface area contributed by atoms with Crippen LogP contribution in [-0.4, -0.2) is 44.8 Å². The van der Waals surface area contributed by atoms with Crippen LogP contribution in [0.25, 0.3) is 16.9 Å². The van der Waals surface area contributed by atoms with Crippen LogP contribution in [0.4, 0.5) is 5.69 Å². The maximum Gasteiger partial charge on any atom is 0.237 e. The van der Waals surface area contributed by atoms with Gasteiger partial charge >= 0.3 is 0 Å². The highest BCUT2D eigenvalue weighted by atomic mass is 32.2. The molecule has 160 valence electrons. The van der Waals surface area contributed by atoms with E-state index in [2.05, 4.69) is 16.3 Å². The van der Waals surface area contributed by atoms with Gasteiger partial charge in [0.05, 0.1) is 11.4 Å². The molecule has 0 fully saturated rings. The molecule has 0 N–H and O–H groups in total. The second-order valence-electron chi connectivity index (χ2n) is 7.61. The molecule has 8 nitrogen and oxygen atoms in total. The minimum absolute atomic E-state index is 0.0609. The van der Waals surface area contributed by atoms with Crippen molar-refractivity contribution in [1.82, 2.24) is 19.8 Å². The van der Waals surface area contributed by atoms with Gasteiger partial charge in [-0.25, -0.2) is 0 Å². The molecule has 4 aromatic rings. The Labute approximate surface area is 188 Å². The minimum Gasteiger partial charge on any atom is -0.454 e. The summed E-state index contributed by atoms with van der Waals surface area (Å²) in [6.07, 6.45) is 1.98. The molecule has 0 radical (unpaired) electrons. The first-order valence-electron chi connectivity index (χ1n) is 10.4. The number of thioether (sulfide) groups is 1. The van der Waals surface area contributed by atoms with Crippen molar-refractivity contribution in [1.29, 1.82) is 0 Å². The van der Waals surface area contributed by atoms with Crippen LogP contribution in [0.3, 0.4) is 0 Å². The van der Waals surface area contributed by atoms with E-state index in [0.29, 0.717) is 16.6 Å². The summed E-state index contributed by atoms with van der Waals surface area (Å²) in [5, 5.41) is 13.7. The number of aryl methyl sites for hydroxylation is 1. The molecule has 32 heavy (non-hydrogen) atoms. The fraction of sp³-hybridized carbons (Fsp3) is 0.217. The topological polar surface area (TPSA) is 81.8 Å². The summed E-state index contributed by atoms with van der Waals surface area (Å²) in [6.45, 7) is 0.969. The number of anilines is 1. The summed E-state index contributed by atoms with van der Waals surface area (Å²) in [5.41, 5.74) is 4.53. The first kappa shape index (κ1) is 19.1. The van der Waals surface area contributed by atoms with Gasteiger partial charge in [-0.2, -0.15) is 9.61 Å². The Bertz CT molecular complexity index is 1340. The van der Waals surface area contributed by atoms with Crippen LogP contribution in [-0.2, 0) is 11.2 Å². The molecular formula is C23H19N5O3S. The third-order valence-corrected chi connectivity index (χ3v) is 6.54. The molecule has 2 aliphatic rings. The van der Waals surface area contributed by atoms with Crippen molar-refractivity contribution >= 4 is 29.0 Å². The molecule has 0 spiro atoms. The summed E-state index contributed by atoms with van der Waals surface area (Å²) >= 11 is 1.35. The molecule has 4 heterocycles. The second-order valence-corrected chi connectivity index (χ2v) is 8.55. The molecule has 2 aromatic heterocycles. The highest BCUT2D eigenvalue weighted by molar-refractivity contribution is 7.99. The lowest BCUT2D eigenvalue weighted by atomic mass is 10.0. The number of fused-ring (bicyclic) bond motifs is 3. The number of rotatable bonds is 4. The normalized spacial score (nSPS) is 14.6. The van der Waals surface area contributed by atoms with Crippen molar-refractivity contribution in [2.24, 2.45) is 0 Å². The predicted octanol–water partition coefficient (Wildman–Crippen LogP) is 3.59. The summed E-state index contributed by atoms with van der Waals surface area (Å²) in [7, 11) is 0. The zero-order chi connectivity index (χ0) is 21.5. The zero-order valence-electron chi connectivity index (χ0n) is 17.1. The molecule has 2 aliphatic heterocycles. The van der Waals surface area contributed by atoms with Crippen LogP contribution in [0.5, 0.6) is 11.5 Å². The molecular weight excluding hydrogens is 426 g/mol. The van der Waals surface area contributed by atoms with Gasteiger partial charge in [-0.1, -0.05) is 30.0 Å². The van der Waals surface area contributed by atoms with Crippen LogP contribution in [0, 0.1) is 0 Å². The molecule has 0 atom stereocenters. The largest absolute Gasteiger partial charge is 0.454 e. The van der Waals surface area contributed by atoms with E-state index in [1.807, 2.05) is 53.4 Å². The lowest BCUT2D eigenvalue weighted by Crippen LogP contribution is -2.36. The maximum atomic E-state index is 13.0. The fourth-order valence-electron chi connectivity index (χ4n) is 4.07. The summed E-state index contributed by atoms with van der Waals surface area (Å²) in [6, 6.07) is 17.6. The SMILES string of the molecule is O=C(CSc1nnc2ccc(-c3ccc4c(c3)OCO4)nn12)N1CCCc2ccccc21. The van der Waals surface area contributed by atoms with E-state index in [9.17, 15) is 4.79 Å². The molecule has 9 heteroatoms. The number of carbonyl (C=O) groups is 1. The van der Waals surface area contributed by atoms with Crippen molar-refractivity contribution in [2.75, 3.05) is 24.0 Å². The molecule has 0 saturated heterocycles.